The number of pyridine rings is 1. The fraction of sp³-hybridized carbons (Fsp3) is 0.227. The van der Waals surface area contributed by atoms with Gasteiger partial charge in [0.05, 0.1) is 11.4 Å². The predicted molar refractivity (Wildman–Crippen MR) is 115 cm³/mol. The van der Waals surface area contributed by atoms with Gasteiger partial charge in [-0.2, -0.15) is 0 Å². The molecular weight excluding hydrogens is 372 g/mol. The zero-order valence-electron chi connectivity index (χ0n) is 15.7. The van der Waals surface area contributed by atoms with Crippen LogP contribution >= 0.6 is 12.2 Å². The Morgan fingerprint density at radius 1 is 1.18 bits per heavy atom. The molecule has 1 aliphatic rings. The van der Waals surface area contributed by atoms with Crippen molar-refractivity contribution in [1.82, 2.24) is 4.57 Å². The summed E-state index contributed by atoms with van der Waals surface area (Å²) in [7, 11) is 3.79. The van der Waals surface area contributed by atoms with Crippen LogP contribution in [0.1, 0.15) is 29.3 Å². The number of hydrogen-bond acceptors (Lipinski definition) is 4. The van der Waals surface area contributed by atoms with Gasteiger partial charge in [0, 0.05) is 37.9 Å². The van der Waals surface area contributed by atoms with E-state index < -0.39 is 12.0 Å². The molecule has 0 fully saturated rings. The van der Waals surface area contributed by atoms with Gasteiger partial charge < -0.3 is 10.0 Å². The number of carboxylic acid groups (broad SMARTS) is 1. The average molecular weight is 392 g/mol. The lowest BCUT2D eigenvalue weighted by molar-refractivity contribution is -0.140. The van der Waals surface area contributed by atoms with E-state index in [1.54, 1.807) is 6.07 Å². The van der Waals surface area contributed by atoms with Crippen molar-refractivity contribution in [3.63, 3.8) is 0 Å². The highest BCUT2D eigenvalue weighted by molar-refractivity contribution is 7.80. The Labute approximate surface area is 167 Å². The van der Waals surface area contributed by atoms with Crippen LogP contribution in [0.4, 0.5) is 5.69 Å². The number of aromatic nitrogens is 1. The molecule has 0 unspecified atom stereocenters. The second kappa shape index (κ2) is 6.87. The molecule has 3 aromatic rings. The van der Waals surface area contributed by atoms with Crippen LogP contribution in [0, 0.1) is 0 Å². The van der Waals surface area contributed by atoms with Gasteiger partial charge in [-0.05, 0) is 21.9 Å². The molecule has 0 radical (unpaired) electrons. The number of carboxylic acids is 1. The number of benzene rings is 2. The van der Waals surface area contributed by atoms with E-state index in [4.69, 9.17) is 12.2 Å². The molecule has 1 N–H and O–H groups in total. The van der Waals surface area contributed by atoms with E-state index in [-0.39, 0.29) is 12.0 Å². The van der Waals surface area contributed by atoms with Crippen LogP contribution in [-0.2, 0) is 11.2 Å². The van der Waals surface area contributed by atoms with Gasteiger partial charge in [0.2, 0.25) is 0 Å². The van der Waals surface area contributed by atoms with Crippen molar-refractivity contribution in [1.29, 1.82) is 0 Å². The van der Waals surface area contributed by atoms with Gasteiger partial charge >= 0.3 is 5.97 Å². The highest BCUT2D eigenvalue weighted by Crippen LogP contribution is 2.35. The average Bonchev–Trinajstić information content (AvgIpc) is 3.00. The second-order valence-electron chi connectivity index (χ2n) is 7.27. The third-order valence-electron chi connectivity index (χ3n) is 5.25. The molecule has 1 atom stereocenters. The van der Waals surface area contributed by atoms with Crippen molar-refractivity contribution >= 4 is 39.5 Å². The second-order valence-corrected chi connectivity index (χ2v) is 7.76. The maximum Gasteiger partial charge on any atom is 0.327 e. The smallest absolute Gasteiger partial charge is 0.327 e. The van der Waals surface area contributed by atoms with Crippen LogP contribution in [0.2, 0.25) is 0 Å². The lowest BCUT2D eigenvalue weighted by Gasteiger charge is -2.23. The Balaban J connectivity index is 1.93. The first kappa shape index (κ1) is 18.4. The van der Waals surface area contributed by atoms with E-state index in [2.05, 4.69) is 24.3 Å². The summed E-state index contributed by atoms with van der Waals surface area (Å²) in [6.45, 7) is 0. The van der Waals surface area contributed by atoms with Crippen LogP contribution in [0.5, 0.6) is 0 Å². The van der Waals surface area contributed by atoms with E-state index >= 15 is 0 Å². The van der Waals surface area contributed by atoms with Crippen molar-refractivity contribution in [2.75, 3.05) is 19.0 Å². The number of fused-ring (bicyclic) bond motifs is 2. The van der Waals surface area contributed by atoms with Crippen LogP contribution in [0.3, 0.4) is 0 Å². The maximum atomic E-state index is 12.8. The molecular formula is C22H20N2O3S. The standard InChI is InChI=1S/C22H20N2O3S/c1-23(2)20-15(10-14-8-5-7-13-6-3-4-9-16(13)14)11-19(25)24-17(22(26)27)12-18(28)21(20)24/h3-9,11,17H,10,12H2,1-2H3,(H,26,27)/t17-/m1/s1. The van der Waals surface area contributed by atoms with Crippen LogP contribution < -0.4 is 10.5 Å². The van der Waals surface area contributed by atoms with Gasteiger partial charge in [0.25, 0.3) is 5.56 Å². The summed E-state index contributed by atoms with van der Waals surface area (Å²) in [5.41, 5.74) is 3.04. The Morgan fingerprint density at radius 2 is 1.89 bits per heavy atom. The molecule has 0 bridgehead atoms. The number of rotatable bonds is 4. The minimum absolute atomic E-state index is 0.179. The van der Waals surface area contributed by atoms with Crippen molar-refractivity contribution in [3.8, 4) is 0 Å². The van der Waals surface area contributed by atoms with Gasteiger partial charge in [0.15, 0.2) is 0 Å². The quantitative estimate of drug-likeness (QED) is 0.690. The summed E-state index contributed by atoms with van der Waals surface area (Å²) < 4.78 is 1.34. The zero-order valence-corrected chi connectivity index (χ0v) is 16.5. The van der Waals surface area contributed by atoms with Crippen LogP contribution in [-0.4, -0.2) is 34.6 Å². The van der Waals surface area contributed by atoms with E-state index in [1.807, 2.05) is 37.2 Å². The summed E-state index contributed by atoms with van der Waals surface area (Å²) in [6.07, 6.45) is 0.747. The van der Waals surface area contributed by atoms with Gasteiger partial charge in [0.1, 0.15) is 6.04 Å². The molecule has 4 rings (SSSR count). The maximum absolute atomic E-state index is 12.8. The summed E-state index contributed by atoms with van der Waals surface area (Å²) in [4.78, 5) is 26.9. The molecule has 2 heterocycles. The molecule has 6 heteroatoms. The number of nitrogens with zero attached hydrogens (tertiary/aromatic N) is 2. The lowest BCUT2D eigenvalue weighted by Crippen LogP contribution is -2.30. The number of thiocarbonyl (C=S) groups is 1. The third-order valence-corrected chi connectivity index (χ3v) is 5.61. The molecule has 1 aliphatic heterocycles. The highest BCUT2D eigenvalue weighted by Gasteiger charge is 2.36. The summed E-state index contributed by atoms with van der Waals surface area (Å²) in [5.74, 6) is -1.03. The monoisotopic (exact) mass is 392 g/mol. The van der Waals surface area contributed by atoms with Crippen LogP contribution in [0.15, 0.2) is 53.3 Å². The molecule has 5 nitrogen and oxygen atoms in total. The first-order valence-electron chi connectivity index (χ1n) is 9.07. The molecule has 0 spiro atoms. The molecule has 142 valence electrons. The molecule has 0 saturated heterocycles. The Bertz CT molecular complexity index is 1170. The normalized spacial score (nSPS) is 15.6. The molecule has 0 aliphatic carbocycles. The largest absolute Gasteiger partial charge is 0.480 e. The number of anilines is 1. The SMILES string of the molecule is CN(C)c1c(Cc2cccc3ccccc23)cc(=O)n2c1C(=S)C[C@@H]2C(=O)O. The topological polar surface area (TPSA) is 62.5 Å². The van der Waals surface area contributed by atoms with Crippen LogP contribution in [0.25, 0.3) is 10.8 Å². The summed E-state index contributed by atoms with van der Waals surface area (Å²) >= 11 is 5.49. The van der Waals surface area contributed by atoms with Gasteiger partial charge in [-0.1, -0.05) is 54.7 Å². The van der Waals surface area contributed by atoms with E-state index in [0.29, 0.717) is 17.0 Å². The summed E-state index contributed by atoms with van der Waals surface area (Å²) in [5, 5.41) is 11.8. The minimum Gasteiger partial charge on any atom is -0.480 e. The third kappa shape index (κ3) is 2.90. The van der Waals surface area contributed by atoms with Gasteiger partial charge in [-0.15, -0.1) is 0 Å². The fourth-order valence-electron chi connectivity index (χ4n) is 4.09. The van der Waals surface area contributed by atoms with E-state index in [9.17, 15) is 14.7 Å². The molecule has 1 aromatic heterocycles. The van der Waals surface area contributed by atoms with Crippen molar-refractivity contribution < 1.29 is 9.90 Å². The molecule has 0 saturated carbocycles. The zero-order chi connectivity index (χ0) is 20.0. The Hall–Kier alpha value is -2.99. The lowest BCUT2D eigenvalue weighted by atomic mass is 9.97. The minimum atomic E-state index is -1.03. The fourth-order valence-corrected chi connectivity index (χ4v) is 4.44. The Morgan fingerprint density at radius 3 is 2.61 bits per heavy atom. The first-order chi connectivity index (χ1) is 13.4. The highest BCUT2D eigenvalue weighted by atomic mass is 32.1. The number of hydrogen-bond donors (Lipinski definition) is 1. The molecule has 28 heavy (non-hydrogen) atoms. The van der Waals surface area contributed by atoms with Gasteiger partial charge in [-0.3, -0.25) is 9.36 Å². The van der Waals surface area contributed by atoms with Crippen molar-refractivity contribution in [3.05, 3.63) is 75.7 Å². The van der Waals surface area contributed by atoms with E-state index in [1.165, 1.54) is 4.57 Å². The number of aliphatic carboxylic acids is 1. The predicted octanol–water partition coefficient (Wildman–Crippen LogP) is 3.41. The van der Waals surface area contributed by atoms with Crippen molar-refractivity contribution in [2.45, 2.75) is 18.9 Å². The molecule has 2 aromatic carbocycles. The summed E-state index contributed by atoms with van der Waals surface area (Å²) in [6, 6.07) is 14.9. The number of carbonyl (C=O) groups is 1. The molecule has 0 amide bonds. The first-order valence-corrected chi connectivity index (χ1v) is 9.47. The van der Waals surface area contributed by atoms with E-state index in [0.717, 1.165) is 27.6 Å². The van der Waals surface area contributed by atoms with Gasteiger partial charge in [-0.25, -0.2) is 4.79 Å². The van der Waals surface area contributed by atoms with Crippen molar-refractivity contribution in [2.24, 2.45) is 0 Å². The Kier molecular flexibility index (Phi) is 4.51.